The number of hydrogen-bond donors (Lipinski definition) is 1. The summed E-state index contributed by atoms with van der Waals surface area (Å²) in [5.41, 5.74) is 0.957. The predicted molar refractivity (Wildman–Crippen MR) is 110 cm³/mol. The molecule has 0 bridgehead atoms. The Hall–Kier alpha value is -1.77. The van der Waals surface area contributed by atoms with Crippen molar-refractivity contribution in [2.45, 2.75) is 32.8 Å². The van der Waals surface area contributed by atoms with Crippen molar-refractivity contribution < 1.29 is 9.53 Å². The fourth-order valence-corrected chi connectivity index (χ4v) is 4.41. The molecule has 1 amide bonds. The fourth-order valence-electron chi connectivity index (χ4n) is 3.29. The molecule has 1 aliphatic heterocycles. The standard InChI is InChI=1S/C19H29N5O2S/c1-5-24(9-8-23(3)4)19(25)16-13(2)15-17(21-12-22-18(15)27-16)20-11-14-7-6-10-26-14/h12,14H,5-11H2,1-4H3,(H,20,21,22)/t14-/m0/s1. The number of fused-ring (bicyclic) bond motifs is 1. The zero-order valence-electron chi connectivity index (χ0n) is 16.6. The molecule has 3 rings (SSSR count). The lowest BCUT2D eigenvalue weighted by Crippen LogP contribution is -2.36. The van der Waals surface area contributed by atoms with Gasteiger partial charge in [-0.1, -0.05) is 0 Å². The summed E-state index contributed by atoms with van der Waals surface area (Å²) in [5.74, 6) is 0.865. The Morgan fingerprint density at radius 2 is 2.19 bits per heavy atom. The first-order valence-corrected chi connectivity index (χ1v) is 10.4. The minimum atomic E-state index is 0.0740. The molecule has 1 aliphatic rings. The van der Waals surface area contributed by atoms with Crippen molar-refractivity contribution in [2.75, 3.05) is 52.2 Å². The number of aryl methyl sites for hydroxylation is 1. The first kappa shape index (κ1) is 20.0. The van der Waals surface area contributed by atoms with E-state index in [9.17, 15) is 4.79 Å². The molecule has 0 saturated carbocycles. The molecule has 0 aromatic carbocycles. The Morgan fingerprint density at radius 3 is 2.85 bits per heavy atom. The second kappa shape index (κ2) is 8.95. The third kappa shape index (κ3) is 4.56. The maximum Gasteiger partial charge on any atom is 0.264 e. The highest BCUT2D eigenvalue weighted by molar-refractivity contribution is 7.20. The topological polar surface area (TPSA) is 70.6 Å². The zero-order valence-corrected chi connectivity index (χ0v) is 17.4. The summed E-state index contributed by atoms with van der Waals surface area (Å²) in [6.07, 6.45) is 3.98. The van der Waals surface area contributed by atoms with E-state index in [-0.39, 0.29) is 12.0 Å². The molecule has 0 radical (unpaired) electrons. The van der Waals surface area contributed by atoms with Gasteiger partial charge >= 0.3 is 0 Å². The smallest absolute Gasteiger partial charge is 0.264 e. The number of aromatic nitrogens is 2. The lowest BCUT2D eigenvalue weighted by molar-refractivity contribution is 0.0758. The van der Waals surface area contributed by atoms with Crippen molar-refractivity contribution in [2.24, 2.45) is 0 Å². The molecule has 0 spiro atoms. The normalized spacial score (nSPS) is 17.0. The van der Waals surface area contributed by atoms with Gasteiger partial charge in [0, 0.05) is 32.8 Å². The van der Waals surface area contributed by atoms with Gasteiger partial charge in [0.05, 0.1) is 16.4 Å². The van der Waals surface area contributed by atoms with Crippen LogP contribution in [0.2, 0.25) is 0 Å². The number of likely N-dealkylation sites (N-methyl/N-ethyl adjacent to an activating group) is 2. The lowest BCUT2D eigenvalue weighted by atomic mass is 10.2. The summed E-state index contributed by atoms with van der Waals surface area (Å²) in [4.78, 5) is 27.5. The van der Waals surface area contributed by atoms with E-state index in [1.54, 1.807) is 6.33 Å². The first-order chi connectivity index (χ1) is 13.0. The van der Waals surface area contributed by atoms with Crippen molar-refractivity contribution in [3.05, 3.63) is 16.8 Å². The highest BCUT2D eigenvalue weighted by Gasteiger charge is 2.23. The van der Waals surface area contributed by atoms with Gasteiger partial charge in [-0.2, -0.15) is 0 Å². The summed E-state index contributed by atoms with van der Waals surface area (Å²) in [6, 6.07) is 0. The highest BCUT2D eigenvalue weighted by atomic mass is 32.1. The Labute approximate surface area is 164 Å². The third-order valence-corrected chi connectivity index (χ3v) is 6.12. The minimum absolute atomic E-state index is 0.0740. The van der Waals surface area contributed by atoms with E-state index >= 15 is 0 Å². The van der Waals surface area contributed by atoms with Gasteiger partial charge in [0.1, 0.15) is 17.0 Å². The average molecular weight is 392 g/mol. The number of anilines is 1. The largest absolute Gasteiger partial charge is 0.376 e. The van der Waals surface area contributed by atoms with Crippen LogP contribution in [0.1, 0.15) is 35.0 Å². The van der Waals surface area contributed by atoms with Crippen LogP contribution in [0.15, 0.2) is 6.33 Å². The molecule has 1 fully saturated rings. The molecular weight excluding hydrogens is 362 g/mol. The number of ether oxygens (including phenoxy) is 1. The molecule has 0 aliphatic carbocycles. The second-order valence-corrected chi connectivity index (χ2v) is 8.16. The molecule has 0 unspecified atom stereocenters. The maximum absolute atomic E-state index is 13.1. The van der Waals surface area contributed by atoms with Gasteiger partial charge in [-0.05, 0) is 46.3 Å². The molecule has 1 atom stereocenters. The van der Waals surface area contributed by atoms with Crippen molar-refractivity contribution >= 4 is 33.3 Å². The lowest BCUT2D eigenvalue weighted by Gasteiger charge is -2.22. The van der Waals surface area contributed by atoms with Crippen molar-refractivity contribution in [3.63, 3.8) is 0 Å². The van der Waals surface area contributed by atoms with Crippen molar-refractivity contribution in [1.29, 1.82) is 0 Å². The monoisotopic (exact) mass is 391 g/mol. The van der Waals surface area contributed by atoms with Crippen LogP contribution in [-0.2, 0) is 4.74 Å². The van der Waals surface area contributed by atoms with E-state index in [2.05, 4.69) is 20.2 Å². The van der Waals surface area contributed by atoms with E-state index < -0.39 is 0 Å². The number of carbonyl (C=O) groups excluding carboxylic acids is 1. The summed E-state index contributed by atoms with van der Waals surface area (Å²) in [6.45, 7) is 7.83. The third-order valence-electron chi connectivity index (χ3n) is 4.93. The number of rotatable bonds is 8. The second-order valence-electron chi connectivity index (χ2n) is 7.16. The molecule has 27 heavy (non-hydrogen) atoms. The molecule has 7 nitrogen and oxygen atoms in total. The van der Waals surface area contributed by atoms with E-state index in [4.69, 9.17) is 4.74 Å². The van der Waals surface area contributed by atoms with Crippen LogP contribution < -0.4 is 5.32 Å². The first-order valence-electron chi connectivity index (χ1n) is 9.54. The van der Waals surface area contributed by atoms with Crippen LogP contribution in [-0.4, -0.2) is 78.7 Å². The number of amides is 1. The molecule has 1 N–H and O–H groups in total. The van der Waals surface area contributed by atoms with Crippen LogP contribution in [0.4, 0.5) is 5.82 Å². The summed E-state index contributed by atoms with van der Waals surface area (Å²) < 4.78 is 5.68. The molecule has 2 aromatic heterocycles. The van der Waals surface area contributed by atoms with Gasteiger partial charge in [0.15, 0.2) is 0 Å². The van der Waals surface area contributed by atoms with E-state index in [0.29, 0.717) is 13.1 Å². The van der Waals surface area contributed by atoms with E-state index in [1.165, 1.54) is 11.3 Å². The van der Waals surface area contributed by atoms with Crippen molar-refractivity contribution in [1.82, 2.24) is 19.8 Å². The molecule has 148 valence electrons. The summed E-state index contributed by atoms with van der Waals surface area (Å²) >= 11 is 1.46. The van der Waals surface area contributed by atoms with E-state index in [0.717, 1.165) is 59.0 Å². The fraction of sp³-hybridized carbons (Fsp3) is 0.632. The van der Waals surface area contributed by atoms with Crippen LogP contribution >= 0.6 is 11.3 Å². The summed E-state index contributed by atoms with van der Waals surface area (Å²) in [5, 5.41) is 4.36. The molecule has 2 aromatic rings. The number of nitrogens with one attached hydrogen (secondary N) is 1. The SMILES string of the molecule is CCN(CCN(C)C)C(=O)c1sc2ncnc(NC[C@@H]3CCCO3)c2c1C. The number of carbonyl (C=O) groups is 1. The molecule has 3 heterocycles. The Morgan fingerprint density at radius 1 is 1.37 bits per heavy atom. The van der Waals surface area contributed by atoms with Gasteiger partial charge in [-0.15, -0.1) is 11.3 Å². The van der Waals surface area contributed by atoms with Gasteiger partial charge in [0.2, 0.25) is 0 Å². The Bertz CT molecular complexity index is 786. The Balaban J connectivity index is 1.83. The van der Waals surface area contributed by atoms with Crippen LogP contribution in [0.25, 0.3) is 10.2 Å². The summed E-state index contributed by atoms with van der Waals surface area (Å²) in [7, 11) is 4.04. The van der Waals surface area contributed by atoms with Crippen LogP contribution in [0, 0.1) is 6.92 Å². The molecule has 1 saturated heterocycles. The zero-order chi connectivity index (χ0) is 19.4. The van der Waals surface area contributed by atoms with Crippen LogP contribution in [0.3, 0.4) is 0 Å². The maximum atomic E-state index is 13.1. The number of nitrogens with zero attached hydrogens (tertiary/aromatic N) is 4. The average Bonchev–Trinajstić information content (AvgIpc) is 3.28. The Kier molecular flexibility index (Phi) is 6.62. The number of thiophene rings is 1. The van der Waals surface area contributed by atoms with Gasteiger partial charge in [-0.25, -0.2) is 9.97 Å². The van der Waals surface area contributed by atoms with Crippen LogP contribution in [0.5, 0.6) is 0 Å². The highest BCUT2D eigenvalue weighted by Crippen LogP contribution is 2.34. The quantitative estimate of drug-likeness (QED) is 0.746. The van der Waals surface area contributed by atoms with Crippen molar-refractivity contribution in [3.8, 4) is 0 Å². The predicted octanol–water partition coefficient (Wildman–Crippen LogP) is 2.61. The number of hydrogen-bond acceptors (Lipinski definition) is 7. The molecular formula is C19H29N5O2S. The van der Waals surface area contributed by atoms with Gasteiger partial charge in [0.25, 0.3) is 5.91 Å². The van der Waals surface area contributed by atoms with E-state index in [1.807, 2.05) is 32.8 Å². The van der Waals surface area contributed by atoms with Gasteiger partial charge < -0.3 is 19.9 Å². The van der Waals surface area contributed by atoms with Gasteiger partial charge in [-0.3, -0.25) is 4.79 Å². The molecule has 8 heteroatoms. The minimum Gasteiger partial charge on any atom is -0.376 e.